The normalized spacial score (nSPS) is 10.5. The molecule has 3 rings (SSSR count). The summed E-state index contributed by atoms with van der Waals surface area (Å²) in [4.78, 5) is 4.35. The molecule has 3 aromatic rings. The van der Waals surface area contributed by atoms with E-state index in [9.17, 15) is 4.39 Å². The highest BCUT2D eigenvalue weighted by atomic mass is 19.1. The van der Waals surface area contributed by atoms with E-state index < -0.39 is 0 Å². The zero-order chi connectivity index (χ0) is 17.6. The molecule has 0 spiro atoms. The van der Waals surface area contributed by atoms with Crippen LogP contribution in [0.25, 0.3) is 11.4 Å². The molecule has 2 aromatic carbocycles. The van der Waals surface area contributed by atoms with E-state index in [-0.39, 0.29) is 5.82 Å². The third-order valence-electron chi connectivity index (χ3n) is 3.49. The summed E-state index contributed by atoms with van der Waals surface area (Å²) in [5, 5.41) is 7.06. The van der Waals surface area contributed by atoms with Crippen LogP contribution >= 0.6 is 0 Å². The molecule has 0 aliphatic heterocycles. The lowest BCUT2D eigenvalue weighted by Crippen LogP contribution is -2.02. The highest BCUT2D eigenvalue weighted by molar-refractivity contribution is 5.57. The number of halogens is 1. The van der Waals surface area contributed by atoms with Crippen molar-refractivity contribution in [2.75, 3.05) is 19.0 Å². The van der Waals surface area contributed by atoms with Gasteiger partial charge in [0, 0.05) is 11.6 Å². The van der Waals surface area contributed by atoms with Gasteiger partial charge in [-0.2, -0.15) is 4.98 Å². The van der Waals surface area contributed by atoms with E-state index in [1.165, 1.54) is 19.2 Å². The van der Waals surface area contributed by atoms with Crippen LogP contribution in [0.3, 0.4) is 0 Å². The molecule has 0 atom stereocenters. The van der Waals surface area contributed by atoms with Crippen molar-refractivity contribution < 1.29 is 18.4 Å². The van der Waals surface area contributed by atoms with Gasteiger partial charge in [0.15, 0.2) is 0 Å². The summed E-state index contributed by atoms with van der Waals surface area (Å²) in [5.74, 6) is 1.74. The Labute approximate surface area is 144 Å². The van der Waals surface area contributed by atoms with Crippen molar-refractivity contribution in [2.45, 2.75) is 13.5 Å². The van der Waals surface area contributed by atoms with Crippen molar-refractivity contribution in [1.82, 2.24) is 10.1 Å². The Balaban J connectivity index is 1.67. The summed E-state index contributed by atoms with van der Waals surface area (Å²) < 4.78 is 29.0. The van der Waals surface area contributed by atoms with Gasteiger partial charge in [-0.15, -0.1) is 0 Å². The second kappa shape index (κ2) is 7.65. The predicted octanol–water partition coefficient (Wildman–Crippen LogP) is 3.90. The van der Waals surface area contributed by atoms with Crippen LogP contribution in [0.1, 0.15) is 12.8 Å². The van der Waals surface area contributed by atoms with Gasteiger partial charge in [-0.05, 0) is 43.3 Å². The molecule has 1 aromatic heterocycles. The van der Waals surface area contributed by atoms with E-state index in [0.717, 1.165) is 11.3 Å². The Kier molecular flexibility index (Phi) is 5.13. The van der Waals surface area contributed by atoms with E-state index in [4.69, 9.17) is 14.0 Å². The number of nitrogens with zero attached hydrogens (tertiary/aromatic N) is 2. The van der Waals surface area contributed by atoms with Crippen molar-refractivity contribution in [3.63, 3.8) is 0 Å². The summed E-state index contributed by atoms with van der Waals surface area (Å²) in [6, 6.07) is 11.7. The molecule has 0 bridgehead atoms. The van der Waals surface area contributed by atoms with Crippen LogP contribution in [-0.2, 0) is 6.54 Å². The van der Waals surface area contributed by atoms with E-state index in [0.29, 0.717) is 36.3 Å². The number of aromatic nitrogens is 2. The van der Waals surface area contributed by atoms with Gasteiger partial charge in [0.05, 0.1) is 25.9 Å². The summed E-state index contributed by atoms with van der Waals surface area (Å²) in [6.07, 6.45) is 0. The fraction of sp³-hybridized carbons (Fsp3) is 0.222. The van der Waals surface area contributed by atoms with Crippen LogP contribution in [0, 0.1) is 5.82 Å². The molecule has 0 radical (unpaired) electrons. The molecule has 130 valence electrons. The monoisotopic (exact) mass is 343 g/mol. The van der Waals surface area contributed by atoms with Gasteiger partial charge in [-0.1, -0.05) is 5.16 Å². The van der Waals surface area contributed by atoms with Crippen LogP contribution in [0.5, 0.6) is 11.5 Å². The number of benzene rings is 2. The molecule has 1 heterocycles. The number of hydrogen-bond donors (Lipinski definition) is 1. The SMILES string of the molecule is CCOc1ccc(-c2noc(CNc3ccc(F)cc3OC)n2)cc1. The van der Waals surface area contributed by atoms with Crippen LogP contribution < -0.4 is 14.8 Å². The zero-order valence-corrected chi connectivity index (χ0v) is 14.0. The van der Waals surface area contributed by atoms with Gasteiger partial charge in [0.1, 0.15) is 17.3 Å². The van der Waals surface area contributed by atoms with E-state index in [1.54, 1.807) is 6.07 Å². The Morgan fingerprint density at radius 1 is 1.16 bits per heavy atom. The number of methoxy groups -OCH3 is 1. The summed E-state index contributed by atoms with van der Waals surface area (Å²) >= 11 is 0. The van der Waals surface area contributed by atoms with Gasteiger partial charge >= 0.3 is 0 Å². The second-order valence-corrected chi connectivity index (χ2v) is 5.17. The smallest absolute Gasteiger partial charge is 0.246 e. The minimum absolute atomic E-state index is 0.298. The maximum atomic E-state index is 13.2. The van der Waals surface area contributed by atoms with E-state index >= 15 is 0 Å². The Morgan fingerprint density at radius 2 is 1.96 bits per heavy atom. The number of nitrogens with one attached hydrogen (secondary N) is 1. The van der Waals surface area contributed by atoms with Crippen LogP contribution in [0.15, 0.2) is 47.0 Å². The molecular formula is C18H18FN3O3. The Hall–Kier alpha value is -3.09. The predicted molar refractivity (Wildman–Crippen MR) is 91.2 cm³/mol. The third kappa shape index (κ3) is 4.06. The molecule has 6 nitrogen and oxygen atoms in total. The van der Waals surface area contributed by atoms with Crippen LogP contribution in [-0.4, -0.2) is 23.9 Å². The minimum atomic E-state index is -0.363. The fourth-order valence-electron chi connectivity index (χ4n) is 2.29. The van der Waals surface area contributed by atoms with Crippen molar-refractivity contribution in [3.05, 3.63) is 54.2 Å². The Morgan fingerprint density at radius 3 is 2.68 bits per heavy atom. The molecule has 7 heteroatoms. The molecule has 0 fully saturated rings. The first-order chi connectivity index (χ1) is 12.2. The molecule has 0 saturated heterocycles. The van der Waals surface area contributed by atoms with Crippen molar-refractivity contribution in [3.8, 4) is 22.9 Å². The van der Waals surface area contributed by atoms with Gasteiger partial charge in [-0.3, -0.25) is 0 Å². The number of hydrogen-bond acceptors (Lipinski definition) is 6. The topological polar surface area (TPSA) is 69.4 Å². The summed E-state index contributed by atoms with van der Waals surface area (Å²) in [6.45, 7) is 2.85. The van der Waals surface area contributed by atoms with E-state index in [2.05, 4.69) is 15.5 Å². The fourth-order valence-corrected chi connectivity index (χ4v) is 2.29. The highest BCUT2D eigenvalue weighted by Crippen LogP contribution is 2.26. The van der Waals surface area contributed by atoms with Crippen molar-refractivity contribution >= 4 is 5.69 Å². The summed E-state index contributed by atoms with van der Waals surface area (Å²) in [7, 11) is 1.48. The molecular weight excluding hydrogens is 325 g/mol. The first kappa shape index (κ1) is 16.8. The van der Waals surface area contributed by atoms with Gasteiger partial charge in [0.2, 0.25) is 11.7 Å². The van der Waals surface area contributed by atoms with Crippen LogP contribution in [0.2, 0.25) is 0 Å². The quantitative estimate of drug-likeness (QED) is 0.702. The second-order valence-electron chi connectivity index (χ2n) is 5.17. The summed E-state index contributed by atoms with van der Waals surface area (Å²) in [5.41, 5.74) is 1.47. The lowest BCUT2D eigenvalue weighted by atomic mass is 10.2. The highest BCUT2D eigenvalue weighted by Gasteiger charge is 2.10. The zero-order valence-electron chi connectivity index (χ0n) is 14.0. The lowest BCUT2D eigenvalue weighted by Gasteiger charge is -2.09. The van der Waals surface area contributed by atoms with Crippen LogP contribution in [0.4, 0.5) is 10.1 Å². The first-order valence-electron chi connectivity index (χ1n) is 7.83. The van der Waals surface area contributed by atoms with E-state index in [1.807, 2.05) is 31.2 Å². The molecule has 0 unspecified atom stereocenters. The van der Waals surface area contributed by atoms with Gasteiger partial charge in [0.25, 0.3) is 0 Å². The van der Waals surface area contributed by atoms with Crippen molar-refractivity contribution in [1.29, 1.82) is 0 Å². The number of rotatable bonds is 7. The average Bonchev–Trinajstić information content (AvgIpc) is 3.10. The molecule has 0 saturated carbocycles. The molecule has 0 aliphatic rings. The van der Waals surface area contributed by atoms with Gasteiger partial charge in [-0.25, -0.2) is 4.39 Å². The minimum Gasteiger partial charge on any atom is -0.494 e. The molecule has 1 N–H and O–H groups in total. The number of anilines is 1. The molecule has 0 aliphatic carbocycles. The maximum absolute atomic E-state index is 13.2. The maximum Gasteiger partial charge on any atom is 0.246 e. The average molecular weight is 343 g/mol. The van der Waals surface area contributed by atoms with Crippen molar-refractivity contribution in [2.24, 2.45) is 0 Å². The molecule has 25 heavy (non-hydrogen) atoms. The largest absolute Gasteiger partial charge is 0.494 e. The Bertz CT molecular complexity index is 834. The first-order valence-corrected chi connectivity index (χ1v) is 7.83. The standard InChI is InChI=1S/C18H18FN3O3/c1-3-24-14-7-4-12(5-8-14)18-21-17(25-22-18)11-20-15-9-6-13(19)10-16(15)23-2/h4-10,20H,3,11H2,1-2H3. The lowest BCUT2D eigenvalue weighted by molar-refractivity contribution is 0.340. The van der Waals surface area contributed by atoms with Gasteiger partial charge < -0.3 is 19.3 Å². The molecule has 0 amide bonds. The number of ether oxygens (including phenoxy) is 2. The third-order valence-corrected chi connectivity index (χ3v) is 3.49.